The number of rotatable bonds is 3. The molecular weight excluding hydrogens is 280 g/mol. The van der Waals surface area contributed by atoms with Crippen molar-refractivity contribution in [1.82, 2.24) is 9.97 Å². The molecule has 2 aromatic heterocycles. The molecule has 0 bridgehead atoms. The summed E-state index contributed by atoms with van der Waals surface area (Å²) in [6.45, 7) is 0. The summed E-state index contributed by atoms with van der Waals surface area (Å²) in [6, 6.07) is 3.95. The Balaban J connectivity index is 1.95. The van der Waals surface area contributed by atoms with E-state index in [1.54, 1.807) is 35.5 Å². The zero-order valence-corrected chi connectivity index (χ0v) is 10.4. The van der Waals surface area contributed by atoms with Gasteiger partial charge in [0.15, 0.2) is 5.16 Å². The zero-order valence-electron chi connectivity index (χ0n) is 7.18. The molecule has 0 radical (unpaired) electrons. The van der Waals surface area contributed by atoms with E-state index in [9.17, 15) is 0 Å². The van der Waals surface area contributed by atoms with Crippen LogP contribution in [0.4, 0.5) is 0 Å². The van der Waals surface area contributed by atoms with Crippen LogP contribution in [0.3, 0.4) is 0 Å². The summed E-state index contributed by atoms with van der Waals surface area (Å²) in [4.78, 5) is 9.62. The second kappa shape index (κ2) is 4.91. The predicted octanol–water partition coefficient (Wildman–Crippen LogP) is 3.59. The fourth-order valence-corrected chi connectivity index (χ4v) is 3.23. The Hall–Kier alpha value is -0.390. The fourth-order valence-electron chi connectivity index (χ4n) is 0.925. The summed E-state index contributed by atoms with van der Waals surface area (Å²) in [5.74, 6) is 0.931. The second-order valence-electron chi connectivity index (χ2n) is 2.55. The first-order valence-corrected chi connectivity index (χ1v) is 6.63. The lowest BCUT2D eigenvalue weighted by atomic mass is 10.5. The number of hydrogen-bond acceptors (Lipinski definition) is 4. The molecule has 0 aliphatic rings. The number of nitrogens with zero attached hydrogens (tertiary/aromatic N) is 2. The minimum Gasteiger partial charge on any atom is -0.231 e. The first-order valence-electron chi connectivity index (χ1n) is 3.97. The second-order valence-corrected chi connectivity index (χ2v) is 5.41. The standard InChI is InChI=1S/C9H7BrN2S2/c10-7-4-8(13-5-7)6-14-9-11-2-1-3-12-9/h1-5H,6H2. The van der Waals surface area contributed by atoms with Crippen molar-refractivity contribution < 1.29 is 0 Å². The number of halogens is 1. The van der Waals surface area contributed by atoms with Gasteiger partial charge in [-0.2, -0.15) is 0 Å². The Kier molecular flexibility index (Phi) is 3.55. The van der Waals surface area contributed by atoms with Gasteiger partial charge in [0.2, 0.25) is 0 Å². The van der Waals surface area contributed by atoms with E-state index in [1.165, 1.54) is 4.88 Å². The van der Waals surface area contributed by atoms with Gasteiger partial charge < -0.3 is 0 Å². The van der Waals surface area contributed by atoms with Gasteiger partial charge in [-0.1, -0.05) is 11.8 Å². The highest BCUT2D eigenvalue weighted by molar-refractivity contribution is 9.10. The van der Waals surface area contributed by atoms with E-state index >= 15 is 0 Å². The van der Waals surface area contributed by atoms with Gasteiger partial charge >= 0.3 is 0 Å². The molecule has 0 spiro atoms. The first-order chi connectivity index (χ1) is 6.84. The molecule has 2 nitrogen and oxygen atoms in total. The van der Waals surface area contributed by atoms with Crippen LogP contribution >= 0.6 is 39.0 Å². The van der Waals surface area contributed by atoms with Gasteiger partial charge in [0, 0.05) is 32.9 Å². The fraction of sp³-hybridized carbons (Fsp3) is 0.111. The predicted molar refractivity (Wildman–Crippen MR) is 63.6 cm³/mol. The summed E-state index contributed by atoms with van der Waals surface area (Å²) in [5, 5.41) is 2.92. The van der Waals surface area contributed by atoms with Gasteiger partial charge in [-0.15, -0.1) is 11.3 Å². The first kappa shape index (κ1) is 10.1. The number of hydrogen-bond donors (Lipinski definition) is 0. The van der Waals surface area contributed by atoms with E-state index in [2.05, 4.69) is 37.3 Å². The Morgan fingerprint density at radius 1 is 1.36 bits per heavy atom. The summed E-state index contributed by atoms with van der Waals surface area (Å²) in [6.07, 6.45) is 3.53. The third-order valence-corrected chi connectivity index (χ3v) is 4.31. The van der Waals surface area contributed by atoms with E-state index in [0.717, 1.165) is 15.4 Å². The average molecular weight is 287 g/mol. The lowest BCUT2D eigenvalue weighted by Crippen LogP contribution is -1.83. The lowest BCUT2D eigenvalue weighted by Gasteiger charge is -1.95. The molecule has 0 aliphatic heterocycles. The highest BCUT2D eigenvalue weighted by atomic mass is 79.9. The van der Waals surface area contributed by atoms with E-state index in [-0.39, 0.29) is 0 Å². The SMILES string of the molecule is Brc1csc(CSc2ncccn2)c1. The van der Waals surface area contributed by atoms with Crippen molar-refractivity contribution in [2.24, 2.45) is 0 Å². The van der Waals surface area contributed by atoms with Crippen molar-refractivity contribution in [3.05, 3.63) is 39.3 Å². The quantitative estimate of drug-likeness (QED) is 0.637. The van der Waals surface area contributed by atoms with Gasteiger partial charge in [0.25, 0.3) is 0 Å². The molecule has 0 fully saturated rings. The Morgan fingerprint density at radius 3 is 2.79 bits per heavy atom. The maximum absolute atomic E-state index is 4.15. The summed E-state index contributed by atoms with van der Waals surface area (Å²) in [7, 11) is 0. The minimum absolute atomic E-state index is 0.831. The van der Waals surface area contributed by atoms with Crippen LogP contribution in [-0.4, -0.2) is 9.97 Å². The number of aromatic nitrogens is 2. The van der Waals surface area contributed by atoms with E-state index in [0.29, 0.717) is 0 Å². The molecule has 0 saturated carbocycles. The third kappa shape index (κ3) is 2.80. The zero-order chi connectivity index (χ0) is 9.80. The van der Waals surface area contributed by atoms with E-state index in [1.807, 2.05) is 6.07 Å². The third-order valence-electron chi connectivity index (χ3n) is 1.51. The molecule has 0 aliphatic carbocycles. The van der Waals surface area contributed by atoms with Crippen LogP contribution in [0.2, 0.25) is 0 Å². The summed E-state index contributed by atoms with van der Waals surface area (Å²) in [5.41, 5.74) is 0. The van der Waals surface area contributed by atoms with E-state index in [4.69, 9.17) is 0 Å². The van der Waals surface area contributed by atoms with Crippen molar-refractivity contribution in [2.75, 3.05) is 0 Å². The van der Waals surface area contributed by atoms with Gasteiger partial charge in [0.1, 0.15) is 0 Å². The van der Waals surface area contributed by atoms with Crippen LogP contribution in [0.5, 0.6) is 0 Å². The van der Waals surface area contributed by atoms with Crippen LogP contribution < -0.4 is 0 Å². The molecule has 0 saturated heterocycles. The van der Waals surface area contributed by atoms with Crippen LogP contribution in [-0.2, 0) is 5.75 Å². The summed E-state index contributed by atoms with van der Waals surface area (Å²) >= 11 is 6.83. The summed E-state index contributed by atoms with van der Waals surface area (Å²) < 4.78 is 1.15. The molecule has 2 heterocycles. The van der Waals surface area contributed by atoms with Gasteiger partial charge in [-0.05, 0) is 28.1 Å². The molecule has 5 heteroatoms. The Morgan fingerprint density at radius 2 is 2.14 bits per heavy atom. The highest BCUT2D eigenvalue weighted by Crippen LogP contribution is 2.25. The number of thioether (sulfide) groups is 1. The van der Waals surface area contributed by atoms with Crippen molar-refractivity contribution in [3.63, 3.8) is 0 Å². The topological polar surface area (TPSA) is 25.8 Å². The maximum Gasteiger partial charge on any atom is 0.187 e. The molecule has 0 amide bonds. The molecule has 2 aromatic rings. The Labute approximate surface area is 98.9 Å². The number of thiophene rings is 1. The van der Waals surface area contributed by atoms with Crippen LogP contribution in [0.15, 0.2) is 39.5 Å². The highest BCUT2D eigenvalue weighted by Gasteiger charge is 2.00. The normalized spacial score (nSPS) is 10.4. The van der Waals surface area contributed by atoms with Crippen molar-refractivity contribution in [1.29, 1.82) is 0 Å². The van der Waals surface area contributed by atoms with Gasteiger partial charge in [-0.3, -0.25) is 0 Å². The van der Waals surface area contributed by atoms with Crippen molar-refractivity contribution >= 4 is 39.0 Å². The largest absolute Gasteiger partial charge is 0.231 e. The smallest absolute Gasteiger partial charge is 0.187 e. The van der Waals surface area contributed by atoms with E-state index < -0.39 is 0 Å². The molecular formula is C9H7BrN2S2. The van der Waals surface area contributed by atoms with Gasteiger partial charge in [0.05, 0.1) is 0 Å². The molecule has 14 heavy (non-hydrogen) atoms. The van der Waals surface area contributed by atoms with Crippen LogP contribution in [0, 0.1) is 0 Å². The maximum atomic E-state index is 4.15. The molecule has 0 unspecified atom stereocenters. The van der Waals surface area contributed by atoms with Crippen molar-refractivity contribution in [2.45, 2.75) is 10.9 Å². The van der Waals surface area contributed by atoms with Crippen LogP contribution in [0.1, 0.15) is 4.88 Å². The molecule has 2 rings (SSSR count). The molecule has 72 valence electrons. The molecule has 0 aromatic carbocycles. The molecule has 0 N–H and O–H groups in total. The van der Waals surface area contributed by atoms with Crippen LogP contribution in [0.25, 0.3) is 0 Å². The molecule has 0 atom stereocenters. The Bertz CT molecular complexity index is 402. The van der Waals surface area contributed by atoms with Crippen molar-refractivity contribution in [3.8, 4) is 0 Å². The monoisotopic (exact) mass is 286 g/mol. The van der Waals surface area contributed by atoms with Gasteiger partial charge in [-0.25, -0.2) is 9.97 Å². The lowest BCUT2D eigenvalue weighted by molar-refractivity contribution is 0.967. The minimum atomic E-state index is 0.831. The average Bonchev–Trinajstić information content (AvgIpc) is 2.63.